The van der Waals surface area contributed by atoms with E-state index in [1.807, 2.05) is 6.07 Å². The number of aromatic carboxylic acids is 1. The number of ether oxygens (including phenoxy) is 1. The van der Waals surface area contributed by atoms with Crippen molar-refractivity contribution in [1.29, 1.82) is 0 Å². The first-order valence-electron chi connectivity index (χ1n) is 10.7. The van der Waals surface area contributed by atoms with E-state index in [1.165, 1.54) is 37.4 Å². The van der Waals surface area contributed by atoms with Gasteiger partial charge in [0.1, 0.15) is 23.2 Å². The summed E-state index contributed by atoms with van der Waals surface area (Å²) in [7, 11) is 1.52. The lowest BCUT2D eigenvalue weighted by Gasteiger charge is -2.14. The van der Waals surface area contributed by atoms with Crippen LogP contribution in [-0.4, -0.2) is 28.9 Å². The minimum absolute atomic E-state index is 0.177. The van der Waals surface area contributed by atoms with Gasteiger partial charge in [-0.3, -0.25) is 4.99 Å². The largest absolute Gasteiger partial charge is 0.497 e. The van der Waals surface area contributed by atoms with Gasteiger partial charge in [0.25, 0.3) is 0 Å². The van der Waals surface area contributed by atoms with Crippen LogP contribution in [-0.2, 0) is 6.54 Å². The van der Waals surface area contributed by atoms with Crippen molar-refractivity contribution in [2.45, 2.75) is 6.54 Å². The number of methoxy groups -OCH3 is 1. The zero-order valence-corrected chi connectivity index (χ0v) is 18.5. The van der Waals surface area contributed by atoms with Crippen LogP contribution >= 0.6 is 0 Å². The Kier molecular flexibility index (Phi) is 5.70. The maximum Gasteiger partial charge on any atom is 0.335 e. The zero-order chi connectivity index (χ0) is 24.5. The van der Waals surface area contributed by atoms with E-state index in [9.17, 15) is 13.6 Å². The first-order valence-corrected chi connectivity index (χ1v) is 10.7. The number of carboxylic acid groups (broad SMARTS) is 1. The molecule has 0 radical (unpaired) electrons. The quantitative estimate of drug-likeness (QED) is 0.383. The van der Waals surface area contributed by atoms with E-state index >= 15 is 0 Å². The van der Waals surface area contributed by atoms with Crippen LogP contribution in [0.2, 0.25) is 0 Å². The van der Waals surface area contributed by atoms with E-state index in [0.29, 0.717) is 34.1 Å². The molecule has 1 aliphatic heterocycles. The van der Waals surface area contributed by atoms with Gasteiger partial charge < -0.3 is 15.2 Å². The summed E-state index contributed by atoms with van der Waals surface area (Å²) in [6, 6.07) is 18.9. The minimum Gasteiger partial charge on any atom is -0.497 e. The van der Waals surface area contributed by atoms with Gasteiger partial charge >= 0.3 is 5.97 Å². The summed E-state index contributed by atoms with van der Waals surface area (Å²) in [4.78, 5) is 20.4. The van der Waals surface area contributed by atoms with Crippen LogP contribution < -0.4 is 10.1 Å². The van der Waals surface area contributed by atoms with Gasteiger partial charge in [-0.05, 0) is 60.7 Å². The number of carbonyl (C=O) groups is 1. The molecule has 0 saturated heterocycles. The van der Waals surface area contributed by atoms with Gasteiger partial charge in [-0.2, -0.15) is 0 Å². The second-order valence-corrected chi connectivity index (χ2v) is 7.88. The number of aliphatic imine (C=N–C) groups is 1. The smallest absolute Gasteiger partial charge is 0.335 e. The lowest BCUT2D eigenvalue weighted by Crippen LogP contribution is -2.10. The number of rotatable bonds is 5. The summed E-state index contributed by atoms with van der Waals surface area (Å²) in [6.45, 7) is 0.177. The minimum atomic E-state index is -1.01. The highest BCUT2D eigenvalue weighted by molar-refractivity contribution is 6.17. The summed E-state index contributed by atoms with van der Waals surface area (Å²) in [5.74, 6) is -1.38. The first-order chi connectivity index (χ1) is 16.9. The number of nitrogens with zero attached hydrogens (tertiary/aromatic N) is 2. The van der Waals surface area contributed by atoms with Crippen LogP contribution in [0.3, 0.4) is 0 Å². The summed E-state index contributed by atoms with van der Waals surface area (Å²) in [5.41, 5.74) is 3.39. The van der Waals surface area contributed by atoms with Gasteiger partial charge in [0.2, 0.25) is 0 Å². The summed E-state index contributed by atoms with van der Waals surface area (Å²) in [6.07, 6.45) is 0. The predicted octanol–water partition coefficient (Wildman–Crippen LogP) is 5.83. The zero-order valence-electron chi connectivity index (χ0n) is 18.5. The molecule has 4 aromatic rings. The molecule has 8 heteroatoms. The number of pyridine rings is 1. The van der Waals surface area contributed by atoms with Crippen LogP contribution in [0.1, 0.15) is 27.0 Å². The number of hydrogen-bond donors (Lipinski definition) is 2. The fourth-order valence-corrected chi connectivity index (χ4v) is 4.00. The Balaban J connectivity index is 1.60. The molecule has 0 unspecified atom stereocenters. The number of fused-ring (bicyclic) bond motifs is 3. The average Bonchev–Trinajstić information content (AvgIpc) is 3.01. The van der Waals surface area contributed by atoms with E-state index < -0.39 is 17.6 Å². The molecule has 0 aliphatic carbocycles. The molecule has 3 aromatic carbocycles. The highest BCUT2D eigenvalue weighted by Gasteiger charge is 2.25. The van der Waals surface area contributed by atoms with Crippen LogP contribution in [0, 0.1) is 11.6 Å². The van der Waals surface area contributed by atoms with E-state index in [4.69, 9.17) is 14.8 Å². The third-order valence-corrected chi connectivity index (χ3v) is 5.73. The van der Waals surface area contributed by atoms with Crippen molar-refractivity contribution in [3.63, 3.8) is 0 Å². The molecule has 2 N–H and O–H groups in total. The maximum atomic E-state index is 14.7. The van der Waals surface area contributed by atoms with Crippen molar-refractivity contribution in [3.05, 3.63) is 107 Å². The number of anilines is 2. The number of benzene rings is 3. The molecule has 0 spiro atoms. The molecule has 174 valence electrons. The van der Waals surface area contributed by atoms with Crippen LogP contribution in [0.15, 0.2) is 77.8 Å². The average molecular weight is 471 g/mol. The first kappa shape index (κ1) is 22.2. The third kappa shape index (κ3) is 4.21. The Morgan fingerprint density at radius 3 is 2.40 bits per heavy atom. The number of halogens is 2. The Labute approximate surface area is 199 Å². The van der Waals surface area contributed by atoms with E-state index in [2.05, 4.69) is 10.3 Å². The second kappa shape index (κ2) is 8.98. The maximum absolute atomic E-state index is 14.7. The third-order valence-electron chi connectivity index (χ3n) is 5.73. The van der Waals surface area contributed by atoms with Crippen LogP contribution in [0.5, 0.6) is 5.75 Å². The van der Waals surface area contributed by atoms with Gasteiger partial charge in [0.15, 0.2) is 0 Å². The van der Waals surface area contributed by atoms with Crippen molar-refractivity contribution in [2.75, 3.05) is 12.4 Å². The monoisotopic (exact) mass is 471 g/mol. The topological polar surface area (TPSA) is 83.8 Å². The van der Waals surface area contributed by atoms with Crippen LogP contribution in [0.25, 0.3) is 11.3 Å². The van der Waals surface area contributed by atoms with E-state index in [0.717, 1.165) is 5.56 Å². The summed E-state index contributed by atoms with van der Waals surface area (Å²) >= 11 is 0. The van der Waals surface area contributed by atoms with Crippen molar-refractivity contribution in [3.8, 4) is 17.0 Å². The Hall–Kier alpha value is -4.59. The Morgan fingerprint density at radius 1 is 0.971 bits per heavy atom. The van der Waals surface area contributed by atoms with E-state index in [1.54, 1.807) is 36.4 Å². The van der Waals surface area contributed by atoms with Crippen molar-refractivity contribution >= 4 is 23.2 Å². The molecule has 0 saturated carbocycles. The summed E-state index contributed by atoms with van der Waals surface area (Å²) in [5, 5.41) is 12.3. The fourth-order valence-electron chi connectivity index (χ4n) is 4.00. The van der Waals surface area contributed by atoms with Gasteiger partial charge in [0, 0.05) is 22.4 Å². The van der Waals surface area contributed by atoms with Crippen molar-refractivity contribution in [2.24, 2.45) is 4.99 Å². The molecule has 0 amide bonds. The van der Waals surface area contributed by atoms with Gasteiger partial charge in [-0.25, -0.2) is 18.6 Å². The van der Waals surface area contributed by atoms with Crippen molar-refractivity contribution in [1.82, 2.24) is 4.98 Å². The molecule has 0 fully saturated rings. The predicted molar refractivity (Wildman–Crippen MR) is 129 cm³/mol. The Morgan fingerprint density at radius 2 is 1.71 bits per heavy atom. The lowest BCUT2D eigenvalue weighted by molar-refractivity contribution is 0.0697. The molecular weight excluding hydrogens is 452 g/mol. The highest BCUT2D eigenvalue weighted by Crippen LogP contribution is 2.35. The number of hydrogen-bond acceptors (Lipinski definition) is 5. The molecule has 2 heterocycles. The number of aromatic nitrogens is 1. The van der Waals surface area contributed by atoms with Gasteiger partial charge in [0.05, 0.1) is 36.2 Å². The normalized spacial score (nSPS) is 12.1. The second-order valence-electron chi connectivity index (χ2n) is 7.88. The molecular formula is C27H19F2N3O3. The van der Waals surface area contributed by atoms with E-state index in [-0.39, 0.29) is 23.4 Å². The molecule has 1 aliphatic rings. The fraction of sp³-hybridized carbons (Fsp3) is 0.0741. The molecule has 35 heavy (non-hydrogen) atoms. The molecule has 0 bridgehead atoms. The highest BCUT2D eigenvalue weighted by atomic mass is 19.1. The van der Waals surface area contributed by atoms with Crippen molar-refractivity contribution < 1.29 is 23.4 Å². The number of carboxylic acids is 1. The standard InChI is InChI=1S/C27H19F2N3O3/c1-35-18-10-11-19-20(13-18)26(24-21(28)3-2-4-22(24)29)30-14-16-7-12-23(32-25(16)19)31-17-8-5-15(6-9-17)27(33)34/h2-13H,14H2,1H3,(H,31,32)(H,33,34). The SMILES string of the molecule is COc1ccc2c(c1)C(c1c(F)cccc1F)=NCc1ccc(Nc3ccc(C(=O)O)cc3)nc1-2. The lowest BCUT2D eigenvalue weighted by atomic mass is 9.94. The number of nitrogens with one attached hydrogen (secondary N) is 1. The molecule has 0 atom stereocenters. The Bertz CT molecular complexity index is 1460. The molecule has 6 nitrogen and oxygen atoms in total. The molecule has 5 rings (SSSR count). The molecule has 1 aromatic heterocycles. The summed E-state index contributed by atoms with van der Waals surface area (Å²) < 4.78 is 34.9. The van der Waals surface area contributed by atoms with Gasteiger partial charge in [-0.15, -0.1) is 0 Å². The van der Waals surface area contributed by atoms with Gasteiger partial charge in [-0.1, -0.05) is 12.1 Å². The van der Waals surface area contributed by atoms with Crippen LogP contribution in [0.4, 0.5) is 20.3 Å².